The Morgan fingerprint density at radius 3 is 2.75 bits per heavy atom. The van der Waals surface area contributed by atoms with Gasteiger partial charge in [0.25, 0.3) is 5.91 Å². The number of amides is 3. The second kappa shape index (κ2) is 11.1. The number of H-pyrrole nitrogens is 1. The van der Waals surface area contributed by atoms with E-state index in [0.29, 0.717) is 53.6 Å². The highest BCUT2D eigenvalue weighted by Crippen LogP contribution is 2.43. The summed E-state index contributed by atoms with van der Waals surface area (Å²) >= 11 is 0. The second-order valence-corrected chi connectivity index (χ2v) is 11.7. The second-order valence-electron chi connectivity index (χ2n) is 11.7. The molecule has 3 aliphatic rings. The van der Waals surface area contributed by atoms with Crippen LogP contribution in [0.25, 0.3) is 27.9 Å². The van der Waals surface area contributed by atoms with Crippen LogP contribution < -0.4 is 9.64 Å². The zero-order valence-corrected chi connectivity index (χ0v) is 24.6. The van der Waals surface area contributed by atoms with Gasteiger partial charge in [-0.1, -0.05) is 18.2 Å². The maximum atomic E-state index is 15.4. The van der Waals surface area contributed by atoms with Crippen LogP contribution in [0.5, 0.6) is 5.75 Å². The van der Waals surface area contributed by atoms with Crippen molar-refractivity contribution in [1.29, 1.82) is 0 Å². The molecule has 1 aliphatic carbocycles. The summed E-state index contributed by atoms with van der Waals surface area (Å²) in [6.45, 7) is 1.13. The Kier molecular flexibility index (Phi) is 7.04. The van der Waals surface area contributed by atoms with Crippen LogP contribution in [0.15, 0.2) is 48.8 Å². The van der Waals surface area contributed by atoms with Crippen LogP contribution in [0.3, 0.4) is 0 Å². The number of hydrogen-bond acceptors (Lipinski definition) is 6. The molecule has 1 fully saturated rings. The third kappa shape index (κ3) is 4.86. The largest absolute Gasteiger partial charge is 0.491 e. The molecule has 1 saturated carbocycles. The Morgan fingerprint density at radius 2 is 2.02 bits per heavy atom. The van der Waals surface area contributed by atoms with Gasteiger partial charge in [0.15, 0.2) is 0 Å². The van der Waals surface area contributed by atoms with E-state index in [1.807, 2.05) is 18.2 Å². The van der Waals surface area contributed by atoms with Crippen molar-refractivity contribution in [3.05, 3.63) is 77.0 Å². The van der Waals surface area contributed by atoms with Gasteiger partial charge in [-0.05, 0) is 60.6 Å². The normalized spacial score (nSPS) is 16.8. The number of aromatic amines is 1. The van der Waals surface area contributed by atoms with Gasteiger partial charge in [-0.2, -0.15) is 0 Å². The molecule has 0 saturated heterocycles. The summed E-state index contributed by atoms with van der Waals surface area (Å²) in [6.07, 6.45) is 6.22. The molecule has 2 aromatic heterocycles. The van der Waals surface area contributed by atoms with Crippen molar-refractivity contribution < 1.29 is 23.8 Å². The van der Waals surface area contributed by atoms with Gasteiger partial charge < -0.3 is 29.5 Å². The zero-order valence-electron chi connectivity index (χ0n) is 24.6. The van der Waals surface area contributed by atoms with Gasteiger partial charge in [0.2, 0.25) is 0 Å². The van der Waals surface area contributed by atoms with Gasteiger partial charge in [0, 0.05) is 49.4 Å². The van der Waals surface area contributed by atoms with Crippen molar-refractivity contribution >= 4 is 34.2 Å². The van der Waals surface area contributed by atoms with Crippen molar-refractivity contribution in [3.63, 3.8) is 0 Å². The maximum absolute atomic E-state index is 15.4. The molecule has 3 amide bonds. The number of nitrogens with one attached hydrogen (secondary N) is 1. The molecule has 2 N–H and O–H groups in total. The van der Waals surface area contributed by atoms with Gasteiger partial charge in [-0.3, -0.25) is 4.79 Å². The van der Waals surface area contributed by atoms with Crippen LogP contribution in [-0.4, -0.2) is 82.1 Å². The summed E-state index contributed by atoms with van der Waals surface area (Å²) in [4.78, 5) is 43.5. The number of urea groups is 1. The predicted octanol–water partition coefficient (Wildman–Crippen LogP) is 4.94. The summed E-state index contributed by atoms with van der Waals surface area (Å²) in [5.41, 5.74) is 5.58. The number of aliphatic hydroxyl groups is 1. The van der Waals surface area contributed by atoms with E-state index in [1.165, 1.54) is 17.3 Å². The first-order valence-corrected chi connectivity index (χ1v) is 14.8. The maximum Gasteiger partial charge on any atom is 0.319 e. The van der Waals surface area contributed by atoms with Crippen LogP contribution in [0.1, 0.15) is 52.4 Å². The van der Waals surface area contributed by atoms with Gasteiger partial charge >= 0.3 is 6.03 Å². The van der Waals surface area contributed by atoms with Crippen LogP contribution in [0.2, 0.25) is 0 Å². The first-order valence-electron chi connectivity index (χ1n) is 14.8. The molecule has 11 heteroatoms. The molecule has 0 atom stereocenters. The molecule has 0 unspecified atom stereocenters. The molecule has 0 bridgehead atoms. The van der Waals surface area contributed by atoms with Gasteiger partial charge in [0.05, 0.1) is 24.5 Å². The van der Waals surface area contributed by atoms with Gasteiger partial charge in [-0.15, -0.1) is 0 Å². The Balaban J connectivity index is 1.24. The minimum absolute atomic E-state index is 0.0230. The van der Waals surface area contributed by atoms with E-state index in [0.717, 1.165) is 35.1 Å². The highest BCUT2D eigenvalue weighted by Gasteiger charge is 2.33. The quantitative estimate of drug-likeness (QED) is 0.337. The smallest absolute Gasteiger partial charge is 0.319 e. The fourth-order valence-electron chi connectivity index (χ4n) is 6.20. The summed E-state index contributed by atoms with van der Waals surface area (Å²) < 4.78 is 21.3. The average Bonchev–Trinajstić information content (AvgIpc) is 3.82. The van der Waals surface area contributed by atoms with Crippen molar-refractivity contribution in [2.45, 2.75) is 31.8 Å². The first kappa shape index (κ1) is 28.0. The predicted molar refractivity (Wildman–Crippen MR) is 164 cm³/mol. The third-order valence-corrected chi connectivity index (χ3v) is 8.65. The van der Waals surface area contributed by atoms with Crippen LogP contribution in [0, 0.1) is 5.82 Å². The molecule has 2 aliphatic heterocycles. The molecule has 10 nitrogen and oxygen atoms in total. The third-order valence-electron chi connectivity index (χ3n) is 8.65. The zero-order chi connectivity index (χ0) is 30.5. The Morgan fingerprint density at radius 1 is 1.18 bits per heavy atom. The minimum Gasteiger partial charge on any atom is -0.491 e. The number of fused-ring (bicyclic) bond motifs is 2. The molecule has 4 heterocycles. The first-order chi connectivity index (χ1) is 21.3. The van der Waals surface area contributed by atoms with Crippen molar-refractivity contribution in [2.75, 3.05) is 45.2 Å². The summed E-state index contributed by atoms with van der Waals surface area (Å²) in [6, 6.07) is 10.6. The fraction of sp³-hybridized carbons (Fsp3) is 0.333. The van der Waals surface area contributed by atoms with Gasteiger partial charge in [-0.25, -0.2) is 19.2 Å². The average molecular weight is 597 g/mol. The lowest BCUT2D eigenvalue weighted by Crippen LogP contribution is -2.41. The van der Waals surface area contributed by atoms with E-state index in [4.69, 9.17) is 4.74 Å². The number of hydrogen-bond donors (Lipinski definition) is 2. The molecule has 2 aromatic carbocycles. The van der Waals surface area contributed by atoms with Crippen LogP contribution in [0.4, 0.5) is 14.9 Å². The van der Waals surface area contributed by atoms with E-state index in [-0.39, 0.29) is 37.1 Å². The molecule has 44 heavy (non-hydrogen) atoms. The number of aliphatic hydroxyl groups excluding tert-OH is 1. The topological polar surface area (TPSA) is 115 Å². The number of carbonyl (C=O) groups is 2. The summed E-state index contributed by atoms with van der Waals surface area (Å²) in [5.74, 6) is -0.510. The lowest BCUT2D eigenvalue weighted by Gasteiger charge is -2.28. The summed E-state index contributed by atoms with van der Waals surface area (Å²) in [5, 5.41) is 11.4. The van der Waals surface area contributed by atoms with Crippen molar-refractivity contribution in [1.82, 2.24) is 24.8 Å². The SMILES string of the molecule is CN(C)C(=O)N1CC=C(c2cc3c(-c4cccc(N5CCOc6cc(C7CC7)cc(F)c6C5=O)c4CO)ncnc3[nH]2)CC1. The minimum atomic E-state index is -0.591. The summed E-state index contributed by atoms with van der Waals surface area (Å²) in [7, 11) is 3.49. The number of rotatable bonds is 5. The number of carbonyl (C=O) groups excluding carboxylic acids is 2. The fourth-order valence-corrected chi connectivity index (χ4v) is 6.20. The van der Waals surface area contributed by atoms with Crippen molar-refractivity contribution in [2.24, 2.45) is 0 Å². The molecule has 0 radical (unpaired) electrons. The van der Waals surface area contributed by atoms with E-state index in [1.54, 1.807) is 42.1 Å². The standard InChI is InChI=1S/C33H33FN6O4/c1-38(2)33(43)39-10-8-20(9-11-39)26-16-23-30(35-18-36-31(23)37-26)22-4-3-5-27(24(22)17-41)40-12-13-44-28-15-21(19-6-7-19)14-25(34)29(28)32(40)42/h3-5,8,14-16,18-19,41H,6-7,9-13,17H2,1-2H3,(H,35,36,37). The number of nitrogens with zero attached hydrogens (tertiary/aromatic N) is 5. The van der Waals surface area contributed by atoms with E-state index in [2.05, 4.69) is 15.0 Å². The van der Waals surface area contributed by atoms with Crippen LogP contribution >= 0.6 is 0 Å². The Hall–Kier alpha value is -4.77. The number of halogens is 1. The molecular weight excluding hydrogens is 563 g/mol. The van der Waals surface area contributed by atoms with Crippen molar-refractivity contribution in [3.8, 4) is 17.0 Å². The molecule has 226 valence electrons. The molecular formula is C33H33FN6O4. The van der Waals surface area contributed by atoms with E-state index in [9.17, 15) is 14.7 Å². The monoisotopic (exact) mass is 596 g/mol. The van der Waals surface area contributed by atoms with Gasteiger partial charge in [0.1, 0.15) is 35.7 Å². The number of anilines is 1. The molecule has 4 aromatic rings. The van der Waals surface area contributed by atoms with E-state index < -0.39 is 11.7 Å². The number of benzene rings is 2. The number of ether oxygens (including phenoxy) is 1. The molecule has 0 spiro atoms. The Bertz CT molecular complexity index is 1830. The lowest BCUT2D eigenvalue weighted by atomic mass is 9.99. The number of aromatic nitrogens is 3. The Labute approximate surface area is 253 Å². The molecule has 7 rings (SSSR count). The highest BCUT2D eigenvalue weighted by atomic mass is 19.1. The highest BCUT2D eigenvalue weighted by molar-refractivity contribution is 6.09. The lowest BCUT2D eigenvalue weighted by molar-refractivity contribution is 0.0985. The van der Waals surface area contributed by atoms with E-state index >= 15 is 4.39 Å². The van der Waals surface area contributed by atoms with Crippen LogP contribution in [-0.2, 0) is 6.61 Å².